The zero-order valence-electron chi connectivity index (χ0n) is 19.3. The molecule has 5 nitrogen and oxygen atoms in total. The van der Waals surface area contributed by atoms with E-state index in [1.807, 2.05) is 12.2 Å². The number of esters is 1. The highest BCUT2D eigenvalue weighted by Gasteiger charge is 2.30. The summed E-state index contributed by atoms with van der Waals surface area (Å²) in [5, 5.41) is 10.1. The summed E-state index contributed by atoms with van der Waals surface area (Å²) in [6, 6.07) is 4.46. The van der Waals surface area contributed by atoms with Gasteiger partial charge >= 0.3 is 12.1 Å². The quantitative estimate of drug-likeness (QED) is 0.245. The Bertz CT molecular complexity index is 902. The first-order valence-corrected chi connectivity index (χ1v) is 11.3. The molecule has 1 aliphatic carbocycles. The molecule has 3 atom stereocenters. The molecule has 0 spiro atoms. The Hall–Kier alpha value is -2.87. The minimum atomic E-state index is -4.47. The van der Waals surface area contributed by atoms with Crippen LogP contribution in [0.4, 0.5) is 13.2 Å². The Morgan fingerprint density at radius 3 is 2.71 bits per heavy atom. The summed E-state index contributed by atoms with van der Waals surface area (Å²) in [7, 11) is 0. The number of carbonyl (C=O) groups is 2. The molecule has 0 radical (unpaired) electrons. The number of carbonyl (C=O) groups excluding carboxylic acids is 2. The van der Waals surface area contributed by atoms with Crippen LogP contribution in [0.1, 0.15) is 45.1 Å². The molecule has 0 fully saturated rings. The van der Waals surface area contributed by atoms with Gasteiger partial charge in [-0.15, -0.1) is 0 Å². The van der Waals surface area contributed by atoms with Crippen LogP contribution in [0.15, 0.2) is 60.7 Å². The van der Waals surface area contributed by atoms with Gasteiger partial charge in [-0.25, -0.2) is 0 Å². The molecule has 0 heterocycles. The number of halogens is 3. The lowest BCUT2D eigenvalue weighted by Gasteiger charge is -2.14. The number of aliphatic hydroxyl groups is 1. The van der Waals surface area contributed by atoms with E-state index in [-0.39, 0.29) is 42.0 Å². The molecule has 2 rings (SSSR count). The fraction of sp³-hybridized carbons (Fsp3) is 0.462. The fourth-order valence-electron chi connectivity index (χ4n) is 3.43. The van der Waals surface area contributed by atoms with Crippen LogP contribution in [0.5, 0.6) is 5.75 Å². The van der Waals surface area contributed by atoms with Crippen molar-refractivity contribution in [3.63, 3.8) is 0 Å². The van der Waals surface area contributed by atoms with Gasteiger partial charge in [0, 0.05) is 18.3 Å². The lowest BCUT2D eigenvalue weighted by Crippen LogP contribution is -2.17. The maximum absolute atomic E-state index is 12.8. The number of ketones is 1. The number of rotatable bonds is 12. The number of unbranched alkanes of at least 4 members (excludes halogenated alkanes) is 1. The van der Waals surface area contributed by atoms with Gasteiger partial charge in [-0.2, -0.15) is 13.2 Å². The van der Waals surface area contributed by atoms with Crippen LogP contribution in [-0.4, -0.2) is 35.7 Å². The zero-order valence-corrected chi connectivity index (χ0v) is 19.3. The monoisotopic (exact) mass is 480 g/mol. The van der Waals surface area contributed by atoms with Crippen molar-refractivity contribution in [1.29, 1.82) is 0 Å². The second-order valence-corrected chi connectivity index (χ2v) is 8.37. The highest BCUT2D eigenvalue weighted by Crippen LogP contribution is 2.31. The summed E-state index contributed by atoms with van der Waals surface area (Å²) >= 11 is 0. The molecule has 8 heteroatoms. The van der Waals surface area contributed by atoms with E-state index in [4.69, 9.17) is 9.47 Å². The van der Waals surface area contributed by atoms with Crippen LogP contribution in [0.3, 0.4) is 0 Å². The topological polar surface area (TPSA) is 72.8 Å². The van der Waals surface area contributed by atoms with Gasteiger partial charge in [0.15, 0.2) is 5.78 Å². The third kappa shape index (κ3) is 9.55. The predicted molar refractivity (Wildman–Crippen MR) is 122 cm³/mol. The van der Waals surface area contributed by atoms with Crippen molar-refractivity contribution in [2.24, 2.45) is 11.8 Å². The standard InChI is InChI=1S/C26H31F3O5/c1-18(2)34-25(32)11-6-4-3-5-10-23-19(13-15-24(23)31)12-14-21(30)17-33-22-9-7-8-20(16-22)26(27,28)29/h3,5,7-9,12-16,18-19,21,23,30H,4,6,10-11,17H2,1-2H3/b5-3-,14-12+/t19-,21+,23+/m0/s1. The molecule has 0 amide bonds. The van der Waals surface area contributed by atoms with Crippen molar-refractivity contribution >= 4 is 11.8 Å². The molecular weight excluding hydrogens is 449 g/mol. The number of benzene rings is 1. The van der Waals surface area contributed by atoms with Gasteiger partial charge in [0.25, 0.3) is 0 Å². The normalized spacial score (nSPS) is 19.4. The summed E-state index contributed by atoms with van der Waals surface area (Å²) < 4.78 is 48.7. The summed E-state index contributed by atoms with van der Waals surface area (Å²) in [6.07, 6.45) is 6.92. The molecule has 1 aromatic rings. The molecule has 186 valence electrons. The van der Waals surface area contributed by atoms with Gasteiger partial charge < -0.3 is 14.6 Å². The summed E-state index contributed by atoms with van der Waals surface area (Å²) in [6.45, 7) is 3.39. The zero-order chi connectivity index (χ0) is 25.1. The van der Waals surface area contributed by atoms with Crippen LogP contribution in [0.25, 0.3) is 0 Å². The number of alkyl halides is 3. The van der Waals surface area contributed by atoms with E-state index in [0.717, 1.165) is 12.1 Å². The summed E-state index contributed by atoms with van der Waals surface area (Å²) in [5.74, 6) is -0.691. The molecule has 0 saturated heterocycles. The Balaban J connectivity index is 1.78. The van der Waals surface area contributed by atoms with Crippen LogP contribution in [-0.2, 0) is 20.5 Å². The van der Waals surface area contributed by atoms with Crippen molar-refractivity contribution in [1.82, 2.24) is 0 Å². The summed E-state index contributed by atoms with van der Waals surface area (Å²) in [5.41, 5.74) is -0.823. The van der Waals surface area contributed by atoms with Crippen molar-refractivity contribution in [3.05, 3.63) is 66.3 Å². The maximum atomic E-state index is 12.8. The van der Waals surface area contributed by atoms with Crippen LogP contribution < -0.4 is 4.74 Å². The number of hydrogen-bond donors (Lipinski definition) is 1. The second kappa shape index (κ2) is 13.1. The fourth-order valence-corrected chi connectivity index (χ4v) is 3.43. The van der Waals surface area contributed by atoms with Gasteiger partial charge in [0.1, 0.15) is 18.5 Å². The van der Waals surface area contributed by atoms with Crippen LogP contribution in [0, 0.1) is 11.8 Å². The first kappa shape index (κ1) is 27.4. The second-order valence-electron chi connectivity index (χ2n) is 8.37. The van der Waals surface area contributed by atoms with Crippen molar-refractivity contribution in [2.45, 2.75) is 57.9 Å². The lowest BCUT2D eigenvalue weighted by atomic mass is 9.90. The van der Waals surface area contributed by atoms with Crippen LogP contribution in [0.2, 0.25) is 0 Å². The van der Waals surface area contributed by atoms with Crippen LogP contribution >= 0.6 is 0 Å². The highest BCUT2D eigenvalue weighted by atomic mass is 19.4. The smallest absolute Gasteiger partial charge is 0.416 e. The highest BCUT2D eigenvalue weighted by molar-refractivity contribution is 5.95. The number of aliphatic hydroxyl groups excluding tert-OH is 1. The summed E-state index contributed by atoms with van der Waals surface area (Å²) in [4.78, 5) is 23.7. The predicted octanol–water partition coefficient (Wildman–Crippen LogP) is 5.44. The molecule has 1 aliphatic rings. The van der Waals surface area contributed by atoms with Crippen molar-refractivity contribution < 1.29 is 37.3 Å². The first-order valence-electron chi connectivity index (χ1n) is 11.3. The molecule has 0 saturated carbocycles. The van der Waals surface area contributed by atoms with E-state index in [9.17, 15) is 27.9 Å². The minimum absolute atomic E-state index is 0.00508. The molecule has 34 heavy (non-hydrogen) atoms. The van der Waals surface area contributed by atoms with Gasteiger partial charge in [0.2, 0.25) is 0 Å². The average Bonchev–Trinajstić information content (AvgIpc) is 3.11. The van der Waals surface area contributed by atoms with Gasteiger partial charge in [0.05, 0.1) is 11.7 Å². The Morgan fingerprint density at radius 2 is 2.00 bits per heavy atom. The Morgan fingerprint density at radius 1 is 1.24 bits per heavy atom. The number of hydrogen-bond acceptors (Lipinski definition) is 5. The SMILES string of the molecule is CC(C)OC(=O)CCC/C=C\C[C@H]1C(=O)C=C[C@@H]1/C=C/[C@@H](O)COc1cccc(C(F)(F)F)c1. The third-order valence-corrected chi connectivity index (χ3v) is 5.13. The lowest BCUT2D eigenvalue weighted by molar-refractivity contribution is -0.147. The van der Waals surface area contributed by atoms with Gasteiger partial charge in [-0.1, -0.05) is 36.4 Å². The van der Waals surface area contributed by atoms with Crippen molar-refractivity contribution in [3.8, 4) is 5.75 Å². The van der Waals surface area contributed by atoms with E-state index >= 15 is 0 Å². The molecule has 0 aromatic heterocycles. The molecule has 1 N–H and O–H groups in total. The maximum Gasteiger partial charge on any atom is 0.416 e. The molecule has 0 aliphatic heterocycles. The molecule has 0 unspecified atom stereocenters. The largest absolute Gasteiger partial charge is 0.491 e. The minimum Gasteiger partial charge on any atom is -0.491 e. The first-order chi connectivity index (χ1) is 16.1. The molecule has 1 aromatic carbocycles. The van der Waals surface area contributed by atoms with E-state index in [1.54, 1.807) is 26.0 Å². The van der Waals surface area contributed by atoms with E-state index in [1.165, 1.54) is 24.3 Å². The number of ether oxygens (including phenoxy) is 2. The molecule has 0 bridgehead atoms. The van der Waals surface area contributed by atoms with Gasteiger partial charge in [-0.05, 0) is 57.4 Å². The molecular formula is C26H31F3O5. The number of allylic oxidation sites excluding steroid dienone is 5. The van der Waals surface area contributed by atoms with Crippen molar-refractivity contribution in [2.75, 3.05) is 6.61 Å². The van der Waals surface area contributed by atoms with E-state index in [0.29, 0.717) is 25.7 Å². The average molecular weight is 481 g/mol. The van der Waals surface area contributed by atoms with E-state index in [2.05, 4.69) is 0 Å². The Kier molecular flexibility index (Phi) is 10.6. The van der Waals surface area contributed by atoms with E-state index < -0.39 is 17.8 Å². The third-order valence-electron chi connectivity index (χ3n) is 5.13. The Labute approximate surface area is 197 Å². The van der Waals surface area contributed by atoms with Gasteiger partial charge in [-0.3, -0.25) is 9.59 Å².